The maximum Gasteiger partial charge on any atom is 0.273 e. The molecule has 3 rings (SSSR count). The Morgan fingerprint density at radius 3 is 2.67 bits per heavy atom. The standard InChI is InChI=1S/C17H16ClN7O2/c1-27-12-7-3-2-5-10(12)17(26)25-24-16-13(19)15(21-9-22-16)23-11-6-4-8-20-14(11)18/h2-9H,19H2,1H3,(H,25,26)(H2,21,22,23,24). The Hall–Kier alpha value is -3.59. The van der Waals surface area contributed by atoms with Gasteiger partial charge >= 0.3 is 0 Å². The van der Waals surface area contributed by atoms with E-state index in [9.17, 15) is 4.79 Å². The number of methoxy groups -OCH3 is 1. The first kappa shape index (κ1) is 18.2. The molecule has 0 radical (unpaired) electrons. The highest BCUT2D eigenvalue weighted by Crippen LogP contribution is 2.28. The highest BCUT2D eigenvalue weighted by molar-refractivity contribution is 6.32. The summed E-state index contributed by atoms with van der Waals surface area (Å²) in [6.07, 6.45) is 2.86. The van der Waals surface area contributed by atoms with Gasteiger partial charge in [-0.05, 0) is 24.3 Å². The number of nitrogen functional groups attached to an aromatic ring is 1. The Kier molecular flexibility index (Phi) is 5.53. The number of para-hydroxylation sites is 1. The van der Waals surface area contributed by atoms with Gasteiger partial charge in [-0.15, -0.1) is 0 Å². The number of benzene rings is 1. The number of nitrogens with zero attached hydrogens (tertiary/aromatic N) is 3. The molecule has 5 N–H and O–H groups in total. The molecule has 0 saturated heterocycles. The van der Waals surface area contributed by atoms with Gasteiger partial charge in [0, 0.05) is 6.20 Å². The molecule has 0 aliphatic heterocycles. The van der Waals surface area contributed by atoms with Crippen molar-refractivity contribution in [3.05, 3.63) is 59.6 Å². The van der Waals surface area contributed by atoms with Crippen LogP contribution >= 0.6 is 11.6 Å². The summed E-state index contributed by atoms with van der Waals surface area (Å²) >= 11 is 6.02. The molecule has 9 nitrogen and oxygen atoms in total. The third-order valence-electron chi connectivity index (χ3n) is 3.54. The number of rotatable bonds is 6. The summed E-state index contributed by atoms with van der Waals surface area (Å²) < 4.78 is 5.17. The van der Waals surface area contributed by atoms with E-state index in [1.807, 2.05) is 0 Å². The molecule has 1 amide bonds. The molecule has 1 aromatic carbocycles. The SMILES string of the molecule is COc1ccccc1C(=O)NNc1ncnc(Nc2cccnc2Cl)c1N. The van der Waals surface area contributed by atoms with Gasteiger partial charge in [-0.25, -0.2) is 15.0 Å². The second-order valence-corrected chi connectivity index (χ2v) is 5.59. The largest absolute Gasteiger partial charge is 0.496 e. The molecule has 0 unspecified atom stereocenters. The number of hydrazine groups is 1. The molecular weight excluding hydrogens is 370 g/mol. The van der Waals surface area contributed by atoms with E-state index in [0.717, 1.165) is 0 Å². The van der Waals surface area contributed by atoms with E-state index in [-0.39, 0.29) is 16.7 Å². The molecule has 27 heavy (non-hydrogen) atoms. The summed E-state index contributed by atoms with van der Waals surface area (Å²) in [5.74, 6) is 0.570. The maximum absolute atomic E-state index is 12.4. The van der Waals surface area contributed by atoms with Crippen molar-refractivity contribution < 1.29 is 9.53 Å². The van der Waals surface area contributed by atoms with Crippen molar-refractivity contribution in [2.75, 3.05) is 23.6 Å². The van der Waals surface area contributed by atoms with Crippen molar-refractivity contribution in [1.82, 2.24) is 20.4 Å². The number of ether oxygens (including phenoxy) is 1. The minimum Gasteiger partial charge on any atom is -0.496 e. The molecule has 2 heterocycles. The second kappa shape index (κ2) is 8.19. The number of anilines is 4. The lowest BCUT2D eigenvalue weighted by atomic mass is 10.2. The molecule has 0 spiro atoms. The van der Waals surface area contributed by atoms with E-state index in [1.54, 1.807) is 42.6 Å². The van der Waals surface area contributed by atoms with E-state index < -0.39 is 5.91 Å². The first-order valence-corrected chi connectivity index (χ1v) is 8.15. The summed E-state index contributed by atoms with van der Waals surface area (Å²) in [5, 5.41) is 3.25. The molecule has 0 aliphatic rings. The van der Waals surface area contributed by atoms with Gasteiger partial charge in [0.1, 0.15) is 17.8 Å². The molecular formula is C17H16ClN7O2. The van der Waals surface area contributed by atoms with Crippen LogP contribution in [0.15, 0.2) is 48.9 Å². The Labute approximate surface area is 159 Å². The maximum atomic E-state index is 12.4. The topological polar surface area (TPSA) is 127 Å². The monoisotopic (exact) mass is 385 g/mol. The van der Waals surface area contributed by atoms with Gasteiger partial charge in [0.2, 0.25) is 0 Å². The third kappa shape index (κ3) is 4.15. The van der Waals surface area contributed by atoms with E-state index in [2.05, 4.69) is 31.1 Å². The van der Waals surface area contributed by atoms with Crippen molar-refractivity contribution in [3.8, 4) is 5.75 Å². The molecule has 3 aromatic rings. The molecule has 0 fully saturated rings. The number of carbonyl (C=O) groups is 1. The van der Waals surface area contributed by atoms with Crippen LogP contribution in [0.1, 0.15) is 10.4 Å². The summed E-state index contributed by atoms with van der Waals surface area (Å²) in [6.45, 7) is 0. The fraction of sp³-hybridized carbons (Fsp3) is 0.0588. The van der Waals surface area contributed by atoms with Crippen molar-refractivity contribution >= 4 is 40.5 Å². The number of nitrogens with one attached hydrogen (secondary N) is 3. The molecule has 0 atom stereocenters. The van der Waals surface area contributed by atoms with Crippen LogP contribution in [0.25, 0.3) is 0 Å². The highest BCUT2D eigenvalue weighted by atomic mass is 35.5. The predicted octanol–water partition coefficient (Wildman–Crippen LogP) is 2.62. The Morgan fingerprint density at radius 1 is 1.11 bits per heavy atom. The zero-order chi connectivity index (χ0) is 19.2. The summed E-state index contributed by atoms with van der Waals surface area (Å²) in [6, 6.07) is 10.3. The Balaban J connectivity index is 1.74. The molecule has 0 saturated carbocycles. The van der Waals surface area contributed by atoms with Gasteiger partial charge in [0.15, 0.2) is 16.8 Å². The zero-order valence-electron chi connectivity index (χ0n) is 14.2. The first-order chi connectivity index (χ1) is 13.1. The lowest BCUT2D eigenvalue weighted by molar-refractivity contribution is 0.0959. The van der Waals surface area contributed by atoms with Gasteiger partial charge in [0.25, 0.3) is 5.91 Å². The van der Waals surface area contributed by atoms with Gasteiger partial charge in [-0.1, -0.05) is 23.7 Å². The van der Waals surface area contributed by atoms with Gasteiger partial charge in [-0.3, -0.25) is 15.6 Å². The lowest BCUT2D eigenvalue weighted by Crippen LogP contribution is -2.30. The Bertz CT molecular complexity index is 968. The Morgan fingerprint density at radius 2 is 1.89 bits per heavy atom. The van der Waals surface area contributed by atoms with Gasteiger partial charge < -0.3 is 15.8 Å². The number of nitrogens with two attached hydrogens (primary N) is 1. The first-order valence-electron chi connectivity index (χ1n) is 7.77. The minimum atomic E-state index is -0.407. The van der Waals surface area contributed by atoms with Crippen LogP contribution in [0.5, 0.6) is 5.75 Å². The van der Waals surface area contributed by atoms with E-state index in [4.69, 9.17) is 22.1 Å². The summed E-state index contributed by atoms with van der Waals surface area (Å²) in [7, 11) is 1.49. The molecule has 0 aliphatic carbocycles. The average molecular weight is 386 g/mol. The van der Waals surface area contributed by atoms with Crippen LogP contribution in [0.2, 0.25) is 5.15 Å². The average Bonchev–Trinajstić information content (AvgIpc) is 2.70. The van der Waals surface area contributed by atoms with E-state index in [0.29, 0.717) is 22.8 Å². The van der Waals surface area contributed by atoms with Gasteiger partial charge in [-0.2, -0.15) is 0 Å². The lowest BCUT2D eigenvalue weighted by Gasteiger charge is -2.14. The number of amides is 1. The quantitative estimate of drug-likeness (QED) is 0.376. The van der Waals surface area contributed by atoms with E-state index >= 15 is 0 Å². The van der Waals surface area contributed by atoms with Crippen molar-refractivity contribution in [1.29, 1.82) is 0 Å². The zero-order valence-corrected chi connectivity index (χ0v) is 15.0. The smallest absolute Gasteiger partial charge is 0.273 e. The number of hydrogen-bond acceptors (Lipinski definition) is 8. The summed E-state index contributed by atoms with van der Waals surface area (Å²) in [4.78, 5) is 24.4. The van der Waals surface area contributed by atoms with Crippen LogP contribution in [-0.2, 0) is 0 Å². The number of carbonyl (C=O) groups excluding carboxylic acids is 1. The number of hydrogen-bond donors (Lipinski definition) is 4. The normalized spacial score (nSPS) is 10.1. The van der Waals surface area contributed by atoms with Crippen LogP contribution in [0, 0.1) is 0 Å². The fourth-order valence-electron chi connectivity index (χ4n) is 2.22. The van der Waals surface area contributed by atoms with Crippen molar-refractivity contribution in [3.63, 3.8) is 0 Å². The molecule has 0 bridgehead atoms. The number of aromatic nitrogens is 3. The third-order valence-corrected chi connectivity index (χ3v) is 3.84. The fourth-order valence-corrected chi connectivity index (χ4v) is 2.38. The number of pyridine rings is 1. The van der Waals surface area contributed by atoms with Crippen molar-refractivity contribution in [2.24, 2.45) is 0 Å². The van der Waals surface area contributed by atoms with E-state index in [1.165, 1.54) is 13.4 Å². The minimum absolute atomic E-state index is 0.192. The molecule has 2 aromatic heterocycles. The van der Waals surface area contributed by atoms with Crippen LogP contribution in [0.3, 0.4) is 0 Å². The predicted molar refractivity (Wildman–Crippen MR) is 103 cm³/mol. The van der Waals surface area contributed by atoms with Crippen LogP contribution < -0.4 is 26.6 Å². The number of halogens is 1. The van der Waals surface area contributed by atoms with Crippen LogP contribution in [-0.4, -0.2) is 28.0 Å². The second-order valence-electron chi connectivity index (χ2n) is 5.23. The van der Waals surface area contributed by atoms with Crippen molar-refractivity contribution in [2.45, 2.75) is 0 Å². The highest BCUT2D eigenvalue weighted by Gasteiger charge is 2.14. The van der Waals surface area contributed by atoms with Gasteiger partial charge in [0.05, 0.1) is 18.4 Å². The molecule has 138 valence electrons. The molecule has 10 heteroatoms. The van der Waals surface area contributed by atoms with Crippen LogP contribution in [0.4, 0.5) is 23.0 Å². The summed E-state index contributed by atoms with van der Waals surface area (Å²) in [5.41, 5.74) is 12.4.